The Morgan fingerprint density at radius 1 is 1.16 bits per heavy atom. The molecule has 1 saturated heterocycles. The largest absolute Gasteiger partial charge is 0.361 e. The number of hydrogen-bond donors (Lipinski definition) is 2. The zero-order chi connectivity index (χ0) is 14.0. The molecule has 3 N–H and O–H groups in total. The van der Waals surface area contributed by atoms with Crippen molar-refractivity contribution < 1.29 is 18.0 Å². The fraction of sp³-hybridized carbons (Fsp3) is 0.818. The molecule has 0 bridgehead atoms. The summed E-state index contributed by atoms with van der Waals surface area (Å²) in [6, 6.07) is 0. The third-order valence-electron chi connectivity index (χ3n) is 3.65. The summed E-state index contributed by atoms with van der Waals surface area (Å²) >= 11 is 0. The van der Waals surface area contributed by atoms with Crippen LogP contribution >= 0.6 is 0 Å². The Kier molecular flexibility index (Phi) is 4.10. The molecule has 8 heteroatoms. The van der Waals surface area contributed by atoms with Gasteiger partial charge < -0.3 is 11.1 Å². The molecule has 0 aromatic rings. The summed E-state index contributed by atoms with van der Waals surface area (Å²) in [5, 5.41) is 2.29. The SMILES string of the molecule is NC(=O)C(=O)NCC1CCN(S(=O)(=O)C2CC2)CC1. The maximum Gasteiger partial charge on any atom is 0.309 e. The van der Waals surface area contributed by atoms with Crippen molar-refractivity contribution in [2.45, 2.75) is 30.9 Å². The van der Waals surface area contributed by atoms with Gasteiger partial charge in [-0.15, -0.1) is 0 Å². The number of carbonyl (C=O) groups is 2. The first-order chi connectivity index (χ1) is 8.91. The maximum atomic E-state index is 12.0. The van der Waals surface area contributed by atoms with Gasteiger partial charge in [-0.1, -0.05) is 0 Å². The van der Waals surface area contributed by atoms with E-state index in [9.17, 15) is 18.0 Å². The molecule has 1 heterocycles. The molecule has 1 saturated carbocycles. The van der Waals surface area contributed by atoms with Gasteiger partial charge in [-0.25, -0.2) is 12.7 Å². The summed E-state index contributed by atoms with van der Waals surface area (Å²) in [6.07, 6.45) is 2.95. The van der Waals surface area contributed by atoms with Crippen LogP contribution in [0.4, 0.5) is 0 Å². The Balaban J connectivity index is 1.76. The molecule has 108 valence electrons. The van der Waals surface area contributed by atoms with Gasteiger partial charge in [-0.05, 0) is 31.6 Å². The number of nitrogens with one attached hydrogen (secondary N) is 1. The van der Waals surface area contributed by atoms with Crippen LogP contribution in [0, 0.1) is 5.92 Å². The zero-order valence-corrected chi connectivity index (χ0v) is 11.5. The molecule has 19 heavy (non-hydrogen) atoms. The summed E-state index contributed by atoms with van der Waals surface area (Å²) < 4.78 is 25.6. The van der Waals surface area contributed by atoms with Gasteiger partial charge in [0, 0.05) is 19.6 Å². The third-order valence-corrected chi connectivity index (χ3v) is 6.05. The molecule has 0 atom stereocenters. The summed E-state index contributed by atoms with van der Waals surface area (Å²) in [7, 11) is -3.09. The molecule has 1 aliphatic carbocycles. The highest BCUT2D eigenvalue weighted by molar-refractivity contribution is 7.90. The van der Waals surface area contributed by atoms with Gasteiger partial charge in [-0.2, -0.15) is 0 Å². The number of primary amides is 1. The van der Waals surface area contributed by atoms with Gasteiger partial charge in [0.25, 0.3) is 0 Å². The normalized spacial score (nSPS) is 22.1. The second-order valence-electron chi connectivity index (χ2n) is 5.16. The maximum absolute atomic E-state index is 12.0. The van der Waals surface area contributed by atoms with Crippen molar-refractivity contribution in [1.29, 1.82) is 0 Å². The van der Waals surface area contributed by atoms with E-state index in [0.29, 0.717) is 32.5 Å². The second kappa shape index (κ2) is 5.46. The minimum Gasteiger partial charge on any atom is -0.361 e. The van der Waals surface area contributed by atoms with Gasteiger partial charge in [0.1, 0.15) is 0 Å². The van der Waals surface area contributed by atoms with E-state index in [4.69, 9.17) is 5.73 Å². The summed E-state index contributed by atoms with van der Waals surface area (Å²) in [4.78, 5) is 21.6. The number of piperidine rings is 1. The van der Waals surface area contributed by atoms with Gasteiger partial charge in [0.15, 0.2) is 0 Å². The predicted octanol–water partition coefficient (Wildman–Crippen LogP) is -1.21. The lowest BCUT2D eigenvalue weighted by Crippen LogP contribution is -2.44. The molecule has 0 aromatic heterocycles. The first-order valence-electron chi connectivity index (χ1n) is 6.48. The van der Waals surface area contributed by atoms with Crippen molar-refractivity contribution in [2.75, 3.05) is 19.6 Å². The van der Waals surface area contributed by atoms with Crippen LogP contribution in [0.15, 0.2) is 0 Å². The standard InChI is InChI=1S/C11H19N3O4S/c12-10(15)11(16)13-7-8-3-5-14(6-4-8)19(17,18)9-1-2-9/h8-9H,1-7H2,(H2,12,15)(H,13,16). The zero-order valence-electron chi connectivity index (χ0n) is 10.7. The highest BCUT2D eigenvalue weighted by atomic mass is 32.2. The molecule has 7 nitrogen and oxygen atoms in total. The predicted molar refractivity (Wildman–Crippen MR) is 68.4 cm³/mol. The molecule has 2 fully saturated rings. The average Bonchev–Trinajstić information content (AvgIpc) is 3.20. The van der Waals surface area contributed by atoms with Crippen molar-refractivity contribution in [3.8, 4) is 0 Å². The van der Waals surface area contributed by atoms with Gasteiger partial charge >= 0.3 is 11.8 Å². The fourth-order valence-electron chi connectivity index (χ4n) is 2.27. The van der Waals surface area contributed by atoms with E-state index in [1.807, 2.05) is 0 Å². The smallest absolute Gasteiger partial charge is 0.309 e. The summed E-state index contributed by atoms with van der Waals surface area (Å²) in [5.74, 6) is -1.57. The quantitative estimate of drug-likeness (QED) is 0.633. The molecule has 2 amide bonds. The van der Waals surface area contributed by atoms with Crippen molar-refractivity contribution >= 4 is 21.8 Å². The first-order valence-corrected chi connectivity index (χ1v) is 7.98. The number of nitrogens with zero attached hydrogens (tertiary/aromatic N) is 1. The Labute approximate surface area is 112 Å². The third kappa shape index (κ3) is 3.44. The van der Waals surface area contributed by atoms with Crippen LogP contribution in [0.5, 0.6) is 0 Å². The second-order valence-corrected chi connectivity index (χ2v) is 7.37. The number of rotatable bonds is 4. The van der Waals surface area contributed by atoms with Gasteiger partial charge in [0.05, 0.1) is 5.25 Å². The van der Waals surface area contributed by atoms with Crippen LogP contribution in [0.2, 0.25) is 0 Å². The van der Waals surface area contributed by atoms with E-state index >= 15 is 0 Å². The van der Waals surface area contributed by atoms with Crippen LogP contribution in [-0.4, -0.2) is 49.4 Å². The first kappa shape index (κ1) is 14.3. The van der Waals surface area contributed by atoms with Crippen LogP contribution < -0.4 is 11.1 Å². The minimum absolute atomic E-state index is 0.168. The van der Waals surface area contributed by atoms with E-state index in [-0.39, 0.29) is 11.2 Å². The molecule has 2 rings (SSSR count). The minimum atomic E-state index is -3.09. The number of nitrogens with two attached hydrogens (primary N) is 1. The Morgan fingerprint density at radius 2 is 1.74 bits per heavy atom. The van der Waals surface area contributed by atoms with Crippen LogP contribution in [0.25, 0.3) is 0 Å². The molecule has 0 radical (unpaired) electrons. The Hall–Kier alpha value is -1.15. The molecule has 0 spiro atoms. The number of carbonyl (C=O) groups excluding carboxylic acids is 2. The molecular formula is C11H19N3O4S. The van der Waals surface area contributed by atoms with Crippen molar-refractivity contribution in [3.63, 3.8) is 0 Å². The van der Waals surface area contributed by atoms with Crippen molar-refractivity contribution in [3.05, 3.63) is 0 Å². The lowest BCUT2D eigenvalue weighted by Gasteiger charge is -2.31. The highest BCUT2D eigenvalue weighted by Crippen LogP contribution is 2.32. The summed E-state index contributed by atoms with van der Waals surface area (Å²) in [6.45, 7) is 1.37. The Morgan fingerprint density at radius 3 is 2.21 bits per heavy atom. The molecule has 1 aliphatic heterocycles. The summed E-state index contributed by atoms with van der Waals surface area (Å²) in [5.41, 5.74) is 4.83. The molecule has 0 aromatic carbocycles. The Bertz CT molecular complexity index is 464. The van der Waals surface area contributed by atoms with Crippen molar-refractivity contribution in [2.24, 2.45) is 11.7 Å². The lowest BCUT2D eigenvalue weighted by atomic mass is 9.98. The molecule has 0 unspecified atom stereocenters. The van der Waals surface area contributed by atoms with Crippen LogP contribution in [-0.2, 0) is 19.6 Å². The topological polar surface area (TPSA) is 110 Å². The highest BCUT2D eigenvalue weighted by Gasteiger charge is 2.41. The number of hydrogen-bond acceptors (Lipinski definition) is 4. The number of amides is 2. The fourth-order valence-corrected chi connectivity index (χ4v) is 4.14. The van der Waals surface area contributed by atoms with E-state index in [2.05, 4.69) is 5.32 Å². The molecular weight excluding hydrogens is 270 g/mol. The van der Waals surface area contributed by atoms with E-state index in [1.165, 1.54) is 0 Å². The van der Waals surface area contributed by atoms with Crippen molar-refractivity contribution in [1.82, 2.24) is 9.62 Å². The van der Waals surface area contributed by atoms with Gasteiger partial charge in [0.2, 0.25) is 10.0 Å². The lowest BCUT2D eigenvalue weighted by molar-refractivity contribution is -0.137. The average molecular weight is 289 g/mol. The monoisotopic (exact) mass is 289 g/mol. The molecule has 2 aliphatic rings. The van der Waals surface area contributed by atoms with E-state index < -0.39 is 21.8 Å². The van der Waals surface area contributed by atoms with E-state index in [1.54, 1.807) is 4.31 Å². The van der Waals surface area contributed by atoms with Gasteiger partial charge in [-0.3, -0.25) is 9.59 Å². The van der Waals surface area contributed by atoms with Crippen LogP contribution in [0.3, 0.4) is 0 Å². The van der Waals surface area contributed by atoms with E-state index in [0.717, 1.165) is 12.8 Å². The van der Waals surface area contributed by atoms with Crippen LogP contribution in [0.1, 0.15) is 25.7 Å². The number of sulfonamides is 1.